The molecule has 0 aliphatic heterocycles. The van der Waals surface area contributed by atoms with Crippen molar-refractivity contribution < 1.29 is 4.79 Å². The SMILES string of the molecule is CCCC#Cc1cnc(N)c(C(=O)NCc2nnc3ccc(Nc4cccc(Cl)c4)nn23)n1. The average Bonchev–Trinajstić information content (AvgIpc) is 3.21. The Morgan fingerprint density at radius 2 is 2.12 bits per heavy atom. The van der Waals surface area contributed by atoms with E-state index in [-0.39, 0.29) is 18.1 Å². The van der Waals surface area contributed by atoms with Crippen molar-refractivity contribution in [2.75, 3.05) is 11.1 Å². The van der Waals surface area contributed by atoms with Crippen LogP contribution in [0.2, 0.25) is 5.02 Å². The summed E-state index contributed by atoms with van der Waals surface area (Å²) in [7, 11) is 0. The minimum Gasteiger partial charge on any atom is -0.382 e. The van der Waals surface area contributed by atoms with E-state index in [0.29, 0.717) is 28.0 Å². The van der Waals surface area contributed by atoms with Crippen molar-refractivity contribution in [1.29, 1.82) is 0 Å². The Bertz CT molecular complexity index is 1370. The molecule has 33 heavy (non-hydrogen) atoms. The zero-order valence-electron chi connectivity index (χ0n) is 17.7. The van der Waals surface area contributed by atoms with E-state index in [4.69, 9.17) is 17.3 Å². The molecule has 4 aromatic rings. The third kappa shape index (κ3) is 5.34. The summed E-state index contributed by atoms with van der Waals surface area (Å²) in [4.78, 5) is 20.9. The molecule has 0 aliphatic rings. The number of hydrogen-bond donors (Lipinski definition) is 3. The first kappa shape index (κ1) is 22.0. The fourth-order valence-electron chi connectivity index (χ4n) is 2.87. The van der Waals surface area contributed by atoms with Crippen molar-refractivity contribution in [3.8, 4) is 11.8 Å². The average molecular weight is 462 g/mol. The molecule has 0 aliphatic carbocycles. The number of carbonyl (C=O) groups is 1. The van der Waals surface area contributed by atoms with Gasteiger partial charge >= 0.3 is 0 Å². The van der Waals surface area contributed by atoms with Crippen LogP contribution in [0.15, 0.2) is 42.6 Å². The maximum absolute atomic E-state index is 12.7. The molecule has 4 rings (SSSR count). The van der Waals surface area contributed by atoms with Gasteiger partial charge in [-0.2, -0.15) is 4.52 Å². The molecular weight excluding hydrogens is 442 g/mol. The second-order valence-corrected chi connectivity index (χ2v) is 7.40. The standard InChI is InChI=1S/C22H20ClN9O/c1-2-3-4-7-16-12-25-21(24)20(28-16)22(33)26-13-19-30-29-18-10-9-17(31-32(18)19)27-15-8-5-6-14(23)11-15/h5-6,8-12H,2-3,13H2,1H3,(H2,24,25)(H,26,33)(H,27,31). The van der Waals surface area contributed by atoms with Crippen LogP contribution in [-0.2, 0) is 6.54 Å². The van der Waals surface area contributed by atoms with Gasteiger partial charge in [0.1, 0.15) is 5.69 Å². The van der Waals surface area contributed by atoms with Crippen LogP contribution in [0.4, 0.5) is 17.3 Å². The fourth-order valence-corrected chi connectivity index (χ4v) is 3.06. The zero-order chi connectivity index (χ0) is 23.2. The molecule has 4 N–H and O–H groups in total. The molecule has 10 nitrogen and oxygen atoms in total. The van der Waals surface area contributed by atoms with E-state index in [0.717, 1.165) is 18.5 Å². The second-order valence-electron chi connectivity index (χ2n) is 6.96. The Kier molecular flexibility index (Phi) is 6.61. The summed E-state index contributed by atoms with van der Waals surface area (Å²) in [6, 6.07) is 10.8. The lowest BCUT2D eigenvalue weighted by atomic mass is 10.3. The predicted octanol–water partition coefficient (Wildman–Crippen LogP) is 2.98. The first-order valence-corrected chi connectivity index (χ1v) is 10.5. The molecule has 0 atom stereocenters. The van der Waals surface area contributed by atoms with Crippen molar-refractivity contribution >= 4 is 40.5 Å². The first-order chi connectivity index (χ1) is 16.0. The van der Waals surface area contributed by atoms with E-state index < -0.39 is 5.91 Å². The van der Waals surface area contributed by atoms with Gasteiger partial charge in [0.15, 0.2) is 28.8 Å². The highest BCUT2D eigenvalue weighted by molar-refractivity contribution is 6.30. The summed E-state index contributed by atoms with van der Waals surface area (Å²) >= 11 is 6.04. The third-order valence-corrected chi connectivity index (χ3v) is 4.67. The van der Waals surface area contributed by atoms with Gasteiger partial charge in [0.05, 0.1) is 12.7 Å². The molecule has 0 bridgehead atoms. The van der Waals surface area contributed by atoms with Crippen molar-refractivity contribution in [3.63, 3.8) is 0 Å². The monoisotopic (exact) mass is 461 g/mol. The van der Waals surface area contributed by atoms with Crippen molar-refractivity contribution in [2.45, 2.75) is 26.3 Å². The third-order valence-electron chi connectivity index (χ3n) is 4.44. The minimum absolute atomic E-state index is 0.00314. The number of unbranched alkanes of at least 4 members (excludes halogenated alkanes) is 1. The molecule has 0 radical (unpaired) electrons. The molecule has 1 amide bonds. The number of aromatic nitrogens is 6. The molecule has 11 heteroatoms. The number of nitrogen functional groups attached to an aromatic ring is 1. The number of halogens is 1. The number of nitrogens with one attached hydrogen (secondary N) is 2. The largest absolute Gasteiger partial charge is 0.382 e. The van der Waals surface area contributed by atoms with Gasteiger partial charge in [0.2, 0.25) is 0 Å². The predicted molar refractivity (Wildman–Crippen MR) is 125 cm³/mol. The number of carbonyl (C=O) groups excluding carboxylic acids is 1. The summed E-state index contributed by atoms with van der Waals surface area (Å²) in [5.41, 5.74) is 7.55. The van der Waals surface area contributed by atoms with Crippen LogP contribution in [-0.4, -0.2) is 35.7 Å². The van der Waals surface area contributed by atoms with E-state index in [1.165, 1.54) is 10.7 Å². The number of nitrogens with two attached hydrogens (primary N) is 1. The van der Waals surface area contributed by atoms with Gasteiger partial charge < -0.3 is 16.4 Å². The van der Waals surface area contributed by atoms with Crippen LogP contribution in [0.3, 0.4) is 0 Å². The van der Waals surface area contributed by atoms with Crippen LogP contribution in [0.25, 0.3) is 5.65 Å². The minimum atomic E-state index is -0.496. The summed E-state index contributed by atoms with van der Waals surface area (Å²) < 4.78 is 1.54. The highest BCUT2D eigenvalue weighted by Gasteiger charge is 2.15. The molecule has 0 spiro atoms. The Balaban J connectivity index is 1.50. The van der Waals surface area contributed by atoms with Gasteiger partial charge in [-0.05, 0) is 42.7 Å². The van der Waals surface area contributed by atoms with Crippen LogP contribution >= 0.6 is 11.6 Å². The molecule has 166 valence electrons. The summed E-state index contributed by atoms with van der Waals surface area (Å²) in [5, 5.41) is 19.2. The van der Waals surface area contributed by atoms with E-state index in [2.05, 4.69) is 47.7 Å². The molecule has 1 aromatic carbocycles. The van der Waals surface area contributed by atoms with Crippen molar-refractivity contribution in [1.82, 2.24) is 35.1 Å². The Labute approximate surface area is 194 Å². The Hall–Kier alpha value is -4.23. The maximum Gasteiger partial charge on any atom is 0.274 e. The highest BCUT2D eigenvalue weighted by Crippen LogP contribution is 2.19. The number of amides is 1. The summed E-state index contributed by atoms with van der Waals surface area (Å²) in [5.74, 6) is 6.36. The quantitative estimate of drug-likeness (QED) is 0.373. The lowest BCUT2D eigenvalue weighted by molar-refractivity contribution is 0.0945. The number of nitrogens with zero attached hydrogens (tertiary/aromatic N) is 6. The molecular formula is C22H20ClN9O. The van der Waals surface area contributed by atoms with Crippen LogP contribution in [0.5, 0.6) is 0 Å². The van der Waals surface area contributed by atoms with Gasteiger partial charge in [-0.15, -0.1) is 15.3 Å². The number of anilines is 3. The van der Waals surface area contributed by atoms with Crippen LogP contribution in [0, 0.1) is 11.8 Å². The fraction of sp³-hybridized carbons (Fsp3) is 0.182. The van der Waals surface area contributed by atoms with Crippen molar-refractivity contribution in [3.05, 3.63) is 64.8 Å². The van der Waals surface area contributed by atoms with Gasteiger partial charge in [-0.25, -0.2) is 9.97 Å². The Morgan fingerprint density at radius 3 is 2.94 bits per heavy atom. The molecule has 3 aromatic heterocycles. The number of rotatable bonds is 6. The normalized spacial score (nSPS) is 10.5. The van der Waals surface area contributed by atoms with E-state index >= 15 is 0 Å². The lowest BCUT2D eigenvalue weighted by Crippen LogP contribution is -2.26. The van der Waals surface area contributed by atoms with Crippen LogP contribution < -0.4 is 16.4 Å². The molecule has 0 saturated heterocycles. The summed E-state index contributed by atoms with van der Waals surface area (Å²) in [6.07, 6.45) is 3.10. The van der Waals surface area contributed by atoms with E-state index in [1.54, 1.807) is 24.3 Å². The lowest BCUT2D eigenvalue weighted by Gasteiger charge is -2.08. The maximum atomic E-state index is 12.7. The number of benzene rings is 1. The number of fused-ring (bicyclic) bond motifs is 1. The van der Waals surface area contributed by atoms with Gasteiger partial charge in [0, 0.05) is 17.1 Å². The first-order valence-electron chi connectivity index (χ1n) is 10.2. The van der Waals surface area contributed by atoms with E-state index in [9.17, 15) is 4.79 Å². The molecule has 3 heterocycles. The van der Waals surface area contributed by atoms with Gasteiger partial charge in [-0.3, -0.25) is 4.79 Å². The molecule has 0 fully saturated rings. The van der Waals surface area contributed by atoms with Gasteiger partial charge in [0.25, 0.3) is 5.91 Å². The number of hydrogen-bond acceptors (Lipinski definition) is 8. The van der Waals surface area contributed by atoms with Crippen LogP contribution in [0.1, 0.15) is 41.8 Å². The zero-order valence-corrected chi connectivity index (χ0v) is 18.5. The Morgan fingerprint density at radius 1 is 1.24 bits per heavy atom. The second kappa shape index (κ2) is 9.93. The topological polar surface area (TPSA) is 136 Å². The van der Waals surface area contributed by atoms with Gasteiger partial charge in [-0.1, -0.05) is 30.5 Å². The van der Waals surface area contributed by atoms with Crippen molar-refractivity contribution in [2.24, 2.45) is 0 Å². The molecule has 0 unspecified atom stereocenters. The summed E-state index contributed by atoms with van der Waals surface area (Å²) in [6.45, 7) is 2.09. The smallest absolute Gasteiger partial charge is 0.274 e. The van der Waals surface area contributed by atoms with E-state index in [1.807, 2.05) is 19.1 Å². The molecule has 0 saturated carbocycles. The highest BCUT2D eigenvalue weighted by atomic mass is 35.5.